The van der Waals surface area contributed by atoms with Crippen LogP contribution in [0.3, 0.4) is 0 Å². The number of rotatable bonds is 4. The highest BCUT2D eigenvalue weighted by atomic mass is 35.5. The summed E-state index contributed by atoms with van der Waals surface area (Å²) in [5.74, 6) is 0.617. The molecule has 6 nitrogen and oxygen atoms in total. The molecule has 1 fully saturated rings. The van der Waals surface area contributed by atoms with E-state index in [4.69, 9.17) is 10.2 Å². The number of likely N-dealkylation sites (tertiary alicyclic amines) is 1. The van der Waals surface area contributed by atoms with Gasteiger partial charge in [0.25, 0.3) is 5.91 Å². The Bertz CT molecular complexity index is 614. The molecule has 0 aromatic carbocycles. The zero-order chi connectivity index (χ0) is 15.6. The van der Waals surface area contributed by atoms with Gasteiger partial charge >= 0.3 is 0 Å². The SMILES string of the molecule is CC1CCN(C(=O)c2ccc(CS(C)(=O)=O)o2)C(CN)C1.Cl. The molecule has 1 aromatic heterocycles. The van der Waals surface area contributed by atoms with Gasteiger partial charge in [0.05, 0.1) is 0 Å². The summed E-state index contributed by atoms with van der Waals surface area (Å²) in [6.07, 6.45) is 2.96. The Hall–Kier alpha value is -1.05. The van der Waals surface area contributed by atoms with Gasteiger partial charge in [0.15, 0.2) is 15.6 Å². The van der Waals surface area contributed by atoms with E-state index < -0.39 is 9.84 Å². The number of nitrogens with zero attached hydrogens (tertiary/aromatic N) is 1. The van der Waals surface area contributed by atoms with Crippen molar-refractivity contribution in [2.45, 2.75) is 31.6 Å². The number of hydrogen-bond acceptors (Lipinski definition) is 5. The first kappa shape index (κ1) is 19.0. The lowest BCUT2D eigenvalue weighted by atomic mass is 9.92. The van der Waals surface area contributed by atoms with E-state index in [-0.39, 0.29) is 41.6 Å². The maximum absolute atomic E-state index is 12.5. The normalized spacial score (nSPS) is 22.2. The van der Waals surface area contributed by atoms with Crippen LogP contribution in [0.4, 0.5) is 0 Å². The van der Waals surface area contributed by atoms with Gasteiger partial charge in [0.2, 0.25) is 0 Å². The highest BCUT2D eigenvalue weighted by Gasteiger charge is 2.31. The third kappa shape index (κ3) is 4.72. The second-order valence-corrected chi connectivity index (χ2v) is 7.99. The van der Waals surface area contributed by atoms with Crippen LogP contribution in [-0.4, -0.2) is 44.6 Å². The summed E-state index contributed by atoms with van der Waals surface area (Å²) in [6.45, 7) is 3.23. The van der Waals surface area contributed by atoms with Gasteiger partial charge in [-0.1, -0.05) is 6.92 Å². The monoisotopic (exact) mass is 350 g/mol. The average molecular weight is 351 g/mol. The third-order valence-electron chi connectivity index (χ3n) is 3.79. The minimum atomic E-state index is -3.18. The van der Waals surface area contributed by atoms with Crippen LogP contribution < -0.4 is 5.73 Å². The van der Waals surface area contributed by atoms with Crippen molar-refractivity contribution in [1.29, 1.82) is 0 Å². The standard InChI is InChI=1S/C14H22N2O4S.ClH/c1-10-5-6-16(11(7-10)8-15)14(17)13-4-3-12(20-13)9-21(2,18)19;/h3-4,10-11H,5-9,15H2,1-2H3;1H. The Labute approximate surface area is 137 Å². The van der Waals surface area contributed by atoms with Crippen molar-refractivity contribution in [1.82, 2.24) is 4.90 Å². The number of nitrogens with two attached hydrogens (primary N) is 1. The van der Waals surface area contributed by atoms with Gasteiger partial charge in [0.1, 0.15) is 11.5 Å². The van der Waals surface area contributed by atoms with Crippen molar-refractivity contribution >= 4 is 28.2 Å². The fraction of sp³-hybridized carbons (Fsp3) is 0.643. The molecule has 1 aromatic rings. The smallest absolute Gasteiger partial charge is 0.289 e. The van der Waals surface area contributed by atoms with Crippen LogP contribution in [0.15, 0.2) is 16.5 Å². The maximum Gasteiger partial charge on any atom is 0.289 e. The Balaban J connectivity index is 0.00000242. The molecule has 2 atom stereocenters. The van der Waals surface area contributed by atoms with Crippen LogP contribution in [0.5, 0.6) is 0 Å². The summed E-state index contributed by atoms with van der Waals surface area (Å²) < 4.78 is 27.9. The molecule has 22 heavy (non-hydrogen) atoms. The number of hydrogen-bond donors (Lipinski definition) is 1. The summed E-state index contributed by atoms with van der Waals surface area (Å²) >= 11 is 0. The first-order valence-corrected chi connectivity index (χ1v) is 9.13. The van der Waals surface area contributed by atoms with Gasteiger partial charge in [0, 0.05) is 25.4 Å². The molecule has 2 rings (SSSR count). The molecule has 1 amide bonds. The molecule has 1 aliphatic rings. The molecule has 0 spiro atoms. The fourth-order valence-electron chi connectivity index (χ4n) is 2.71. The second kappa shape index (κ2) is 7.48. The zero-order valence-electron chi connectivity index (χ0n) is 12.8. The number of piperidine rings is 1. The second-order valence-electron chi connectivity index (χ2n) is 5.85. The topological polar surface area (TPSA) is 93.6 Å². The van der Waals surface area contributed by atoms with E-state index in [1.807, 2.05) is 0 Å². The van der Waals surface area contributed by atoms with E-state index in [1.54, 1.807) is 4.90 Å². The lowest BCUT2D eigenvalue weighted by Crippen LogP contribution is -2.49. The summed E-state index contributed by atoms with van der Waals surface area (Å²) in [7, 11) is -3.18. The lowest BCUT2D eigenvalue weighted by Gasteiger charge is -2.37. The van der Waals surface area contributed by atoms with E-state index in [0.717, 1.165) is 19.1 Å². The number of furan rings is 1. The predicted molar refractivity (Wildman–Crippen MR) is 86.8 cm³/mol. The van der Waals surface area contributed by atoms with Crippen molar-refractivity contribution < 1.29 is 17.6 Å². The highest BCUT2D eigenvalue weighted by Crippen LogP contribution is 2.24. The Morgan fingerprint density at radius 1 is 1.45 bits per heavy atom. The number of sulfone groups is 1. The van der Waals surface area contributed by atoms with Crippen molar-refractivity contribution in [3.63, 3.8) is 0 Å². The van der Waals surface area contributed by atoms with Gasteiger partial charge in [-0.25, -0.2) is 8.42 Å². The van der Waals surface area contributed by atoms with Gasteiger partial charge < -0.3 is 15.1 Å². The van der Waals surface area contributed by atoms with Gasteiger partial charge in [-0.2, -0.15) is 0 Å². The molecule has 126 valence electrons. The van der Waals surface area contributed by atoms with E-state index in [2.05, 4.69) is 6.92 Å². The molecule has 2 unspecified atom stereocenters. The number of carbonyl (C=O) groups is 1. The molecule has 8 heteroatoms. The third-order valence-corrected chi connectivity index (χ3v) is 4.60. The van der Waals surface area contributed by atoms with E-state index in [9.17, 15) is 13.2 Å². The summed E-state index contributed by atoms with van der Waals surface area (Å²) in [5.41, 5.74) is 5.76. The van der Waals surface area contributed by atoms with Crippen LogP contribution >= 0.6 is 12.4 Å². The van der Waals surface area contributed by atoms with E-state index >= 15 is 0 Å². The molecule has 1 aliphatic heterocycles. The first-order valence-electron chi connectivity index (χ1n) is 7.07. The highest BCUT2D eigenvalue weighted by molar-refractivity contribution is 7.89. The Kier molecular flexibility index (Phi) is 6.46. The minimum absolute atomic E-state index is 0. The number of halogens is 1. The van der Waals surface area contributed by atoms with Gasteiger partial charge in [-0.3, -0.25) is 4.79 Å². The van der Waals surface area contributed by atoms with Crippen molar-refractivity contribution in [2.75, 3.05) is 19.3 Å². The summed E-state index contributed by atoms with van der Waals surface area (Å²) in [4.78, 5) is 14.2. The van der Waals surface area contributed by atoms with E-state index in [0.29, 0.717) is 19.0 Å². The molecule has 2 N–H and O–H groups in total. The quantitative estimate of drug-likeness (QED) is 0.886. The Morgan fingerprint density at radius 3 is 2.73 bits per heavy atom. The van der Waals surface area contributed by atoms with Crippen molar-refractivity contribution in [2.24, 2.45) is 11.7 Å². The molecule has 0 aliphatic carbocycles. The molecule has 0 radical (unpaired) electrons. The van der Waals surface area contributed by atoms with Gasteiger partial charge in [-0.05, 0) is 30.9 Å². The average Bonchev–Trinajstić information content (AvgIpc) is 2.84. The van der Waals surface area contributed by atoms with Crippen LogP contribution in [0.1, 0.15) is 36.1 Å². The number of carbonyl (C=O) groups excluding carboxylic acids is 1. The van der Waals surface area contributed by atoms with Crippen LogP contribution in [0.2, 0.25) is 0 Å². The molecule has 0 saturated carbocycles. The minimum Gasteiger partial charge on any atom is -0.455 e. The summed E-state index contributed by atoms with van der Waals surface area (Å²) in [6, 6.07) is 3.09. The molecular formula is C14H23ClN2O4S. The van der Waals surface area contributed by atoms with Crippen LogP contribution in [0, 0.1) is 5.92 Å². The zero-order valence-corrected chi connectivity index (χ0v) is 14.5. The van der Waals surface area contributed by atoms with Crippen molar-refractivity contribution in [3.05, 3.63) is 23.7 Å². The number of amides is 1. The largest absolute Gasteiger partial charge is 0.455 e. The molecule has 2 heterocycles. The first-order chi connectivity index (χ1) is 9.80. The molecule has 1 saturated heterocycles. The molecular weight excluding hydrogens is 328 g/mol. The van der Waals surface area contributed by atoms with E-state index in [1.165, 1.54) is 12.1 Å². The van der Waals surface area contributed by atoms with Crippen molar-refractivity contribution in [3.8, 4) is 0 Å². The summed E-state index contributed by atoms with van der Waals surface area (Å²) in [5, 5.41) is 0. The maximum atomic E-state index is 12.5. The van der Waals surface area contributed by atoms with Gasteiger partial charge in [-0.15, -0.1) is 12.4 Å². The van der Waals surface area contributed by atoms with Crippen LogP contribution in [0.25, 0.3) is 0 Å². The Morgan fingerprint density at radius 2 is 2.14 bits per heavy atom. The van der Waals surface area contributed by atoms with Crippen LogP contribution in [-0.2, 0) is 15.6 Å². The molecule has 0 bridgehead atoms. The fourth-order valence-corrected chi connectivity index (χ4v) is 3.38. The lowest BCUT2D eigenvalue weighted by molar-refractivity contribution is 0.0540. The predicted octanol–water partition coefficient (Wildman–Crippen LogP) is 1.45.